The van der Waals surface area contributed by atoms with E-state index in [1.165, 1.54) is 24.4 Å². The van der Waals surface area contributed by atoms with E-state index < -0.39 is 5.91 Å². The van der Waals surface area contributed by atoms with E-state index in [0.717, 1.165) is 0 Å². The molecule has 20 heavy (non-hydrogen) atoms. The number of phenols is 1. The number of hydrogen-bond donors (Lipinski definition) is 2. The summed E-state index contributed by atoms with van der Waals surface area (Å²) >= 11 is 11.6. The fraction of sp³-hybridized carbons (Fsp3) is 0. The zero-order valence-corrected chi connectivity index (χ0v) is 11.7. The lowest BCUT2D eigenvalue weighted by Gasteiger charge is -2.02. The van der Waals surface area contributed by atoms with Crippen LogP contribution in [0.1, 0.15) is 15.9 Å². The Balaban J connectivity index is 2.05. The van der Waals surface area contributed by atoms with Crippen molar-refractivity contribution in [2.75, 3.05) is 0 Å². The molecule has 0 fully saturated rings. The SMILES string of the molecule is O=C(NN=Cc1ccccc1O)c1ccc(Cl)c(Cl)c1. The highest BCUT2D eigenvalue weighted by atomic mass is 35.5. The molecule has 0 aliphatic rings. The molecule has 0 spiro atoms. The largest absolute Gasteiger partial charge is 0.507 e. The topological polar surface area (TPSA) is 61.7 Å². The van der Waals surface area contributed by atoms with Crippen LogP contribution in [0.2, 0.25) is 10.0 Å². The molecule has 2 N–H and O–H groups in total. The Morgan fingerprint density at radius 2 is 1.90 bits per heavy atom. The van der Waals surface area contributed by atoms with E-state index in [-0.39, 0.29) is 5.75 Å². The standard InChI is InChI=1S/C14H10Cl2N2O2/c15-11-6-5-9(7-12(11)16)14(20)18-17-8-10-3-1-2-4-13(10)19/h1-8,19H,(H,18,20). The van der Waals surface area contributed by atoms with Crippen molar-refractivity contribution in [2.45, 2.75) is 0 Å². The Kier molecular flexibility index (Phi) is 4.61. The normalized spacial score (nSPS) is 10.7. The van der Waals surface area contributed by atoms with Crippen molar-refractivity contribution in [3.05, 3.63) is 63.6 Å². The second-order valence-corrected chi connectivity index (χ2v) is 4.70. The van der Waals surface area contributed by atoms with Gasteiger partial charge in [-0.2, -0.15) is 5.10 Å². The number of phenolic OH excluding ortho intramolecular Hbond substituents is 1. The Bertz CT molecular complexity index is 672. The van der Waals surface area contributed by atoms with E-state index >= 15 is 0 Å². The van der Waals surface area contributed by atoms with Gasteiger partial charge in [-0.05, 0) is 30.3 Å². The molecule has 1 amide bonds. The van der Waals surface area contributed by atoms with Crippen molar-refractivity contribution >= 4 is 35.3 Å². The molecule has 0 bridgehead atoms. The molecule has 0 radical (unpaired) electrons. The third-order valence-electron chi connectivity index (χ3n) is 2.49. The molecule has 4 nitrogen and oxygen atoms in total. The van der Waals surface area contributed by atoms with Crippen LogP contribution in [-0.4, -0.2) is 17.2 Å². The number of aromatic hydroxyl groups is 1. The highest BCUT2D eigenvalue weighted by Gasteiger charge is 2.06. The minimum absolute atomic E-state index is 0.0834. The van der Waals surface area contributed by atoms with Crippen LogP contribution in [0.4, 0.5) is 0 Å². The molecule has 0 aromatic heterocycles. The van der Waals surface area contributed by atoms with E-state index in [1.54, 1.807) is 24.3 Å². The van der Waals surface area contributed by atoms with E-state index in [0.29, 0.717) is 21.2 Å². The summed E-state index contributed by atoms with van der Waals surface area (Å²) in [5.74, 6) is -0.338. The number of amides is 1. The Morgan fingerprint density at radius 3 is 2.60 bits per heavy atom. The Labute approximate surface area is 125 Å². The minimum Gasteiger partial charge on any atom is -0.507 e. The van der Waals surface area contributed by atoms with Gasteiger partial charge in [-0.3, -0.25) is 4.79 Å². The Morgan fingerprint density at radius 1 is 1.15 bits per heavy atom. The molecular formula is C14H10Cl2N2O2. The van der Waals surface area contributed by atoms with Gasteiger partial charge in [0, 0.05) is 11.1 Å². The van der Waals surface area contributed by atoms with Gasteiger partial charge in [0.1, 0.15) is 5.75 Å². The van der Waals surface area contributed by atoms with Crippen molar-refractivity contribution in [2.24, 2.45) is 5.10 Å². The molecular weight excluding hydrogens is 299 g/mol. The number of para-hydroxylation sites is 1. The molecule has 102 valence electrons. The average Bonchev–Trinajstić information content (AvgIpc) is 2.44. The molecule has 0 aliphatic carbocycles. The van der Waals surface area contributed by atoms with Gasteiger partial charge < -0.3 is 5.11 Å². The quantitative estimate of drug-likeness (QED) is 0.674. The Hall–Kier alpha value is -2.04. The second-order valence-electron chi connectivity index (χ2n) is 3.89. The summed E-state index contributed by atoms with van der Waals surface area (Å²) in [7, 11) is 0. The summed E-state index contributed by atoms with van der Waals surface area (Å²) in [6.45, 7) is 0. The lowest BCUT2D eigenvalue weighted by molar-refractivity contribution is 0.0955. The molecule has 0 saturated carbocycles. The summed E-state index contributed by atoms with van der Waals surface area (Å²) in [5, 5.41) is 14.0. The van der Waals surface area contributed by atoms with Gasteiger partial charge in [-0.25, -0.2) is 5.43 Å². The van der Waals surface area contributed by atoms with Gasteiger partial charge in [-0.15, -0.1) is 0 Å². The smallest absolute Gasteiger partial charge is 0.271 e. The molecule has 0 atom stereocenters. The minimum atomic E-state index is -0.421. The zero-order chi connectivity index (χ0) is 14.5. The maximum atomic E-state index is 11.8. The lowest BCUT2D eigenvalue weighted by atomic mass is 10.2. The third kappa shape index (κ3) is 3.50. The van der Waals surface area contributed by atoms with Crippen molar-refractivity contribution < 1.29 is 9.90 Å². The van der Waals surface area contributed by atoms with Gasteiger partial charge >= 0.3 is 0 Å². The van der Waals surface area contributed by atoms with Crippen LogP contribution in [0.5, 0.6) is 5.75 Å². The van der Waals surface area contributed by atoms with Crippen molar-refractivity contribution in [3.63, 3.8) is 0 Å². The van der Waals surface area contributed by atoms with E-state index in [2.05, 4.69) is 10.5 Å². The van der Waals surface area contributed by atoms with Crippen molar-refractivity contribution in [1.82, 2.24) is 5.43 Å². The first-order valence-corrected chi connectivity index (χ1v) is 6.40. The summed E-state index contributed by atoms with van der Waals surface area (Å²) in [6.07, 6.45) is 1.35. The van der Waals surface area contributed by atoms with Crippen LogP contribution in [0, 0.1) is 0 Å². The van der Waals surface area contributed by atoms with Crippen LogP contribution in [0.3, 0.4) is 0 Å². The second kappa shape index (κ2) is 6.41. The molecule has 2 aromatic carbocycles. The maximum Gasteiger partial charge on any atom is 0.271 e. The highest BCUT2D eigenvalue weighted by Crippen LogP contribution is 2.22. The van der Waals surface area contributed by atoms with Crippen LogP contribution in [-0.2, 0) is 0 Å². The number of carbonyl (C=O) groups is 1. The molecule has 0 heterocycles. The molecule has 0 saturated heterocycles. The van der Waals surface area contributed by atoms with Crippen molar-refractivity contribution in [1.29, 1.82) is 0 Å². The van der Waals surface area contributed by atoms with Gasteiger partial charge in [0.2, 0.25) is 0 Å². The first-order chi connectivity index (χ1) is 9.58. The lowest BCUT2D eigenvalue weighted by Crippen LogP contribution is -2.17. The number of hydrogen-bond acceptors (Lipinski definition) is 3. The number of carbonyl (C=O) groups excluding carboxylic acids is 1. The molecule has 2 aromatic rings. The number of rotatable bonds is 3. The molecule has 0 aliphatic heterocycles. The third-order valence-corrected chi connectivity index (χ3v) is 3.23. The number of nitrogens with zero attached hydrogens (tertiary/aromatic N) is 1. The number of hydrazone groups is 1. The predicted molar refractivity (Wildman–Crippen MR) is 79.6 cm³/mol. The number of nitrogens with one attached hydrogen (secondary N) is 1. The zero-order valence-electron chi connectivity index (χ0n) is 10.2. The van der Waals surface area contributed by atoms with Gasteiger partial charge in [-0.1, -0.05) is 35.3 Å². The van der Waals surface area contributed by atoms with Crippen LogP contribution in [0.15, 0.2) is 47.6 Å². The summed E-state index contributed by atoms with van der Waals surface area (Å²) in [5.41, 5.74) is 3.18. The number of benzene rings is 2. The summed E-state index contributed by atoms with van der Waals surface area (Å²) in [4.78, 5) is 11.8. The van der Waals surface area contributed by atoms with Gasteiger partial charge in [0.15, 0.2) is 0 Å². The maximum absolute atomic E-state index is 11.8. The predicted octanol–water partition coefficient (Wildman–Crippen LogP) is 3.46. The summed E-state index contributed by atoms with van der Waals surface area (Å²) in [6, 6.07) is 11.2. The van der Waals surface area contributed by atoms with Crippen LogP contribution >= 0.6 is 23.2 Å². The number of halogens is 2. The fourth-order valence-electron chi connectivity index (χ4n) is 1.46. The van der Waals surface area contributed by atoms with E-state index in [4.69, 9.17) is 23.2 Å². The van der Waals surface area contributed by atoms with E-state index in [9.17, 15) is 9.90 Å². The molecule has 6 heteroatoms. The highest BCUT2D eigenvalue weighted by molar-refractivity contribution is 6.42. The van der Waals surface area contributed by atoms with Gasteiger partial charge in [0.05, 0.1) is 16.3 Å². The van der Waals surface area contributed by atoms with Crippen LogP contribution < -0.4 is 5.43 Å². The molecule has 2 rings (SSSR count). The summed E-state index contributed by atoms with van der Waals surface area (Å²) < 4.78 is 0. The van der Waals surface area contributed by atoms with Gasteiger partial charge in [0.25, 0.3) is 5.91 Å². The first-order valence-electron chi connectivity index (χ1n) is 5.64. The van der Waals surface area contributed by atoms with E-state index in [1.807, 2.05) is 0 Å². The van der Waals surface area contributed by atoms with Crippen molar-refractivity contribution in [3.8, 4) is 5.75 Å². The first kappa shape index (κ1) is 14.4. The monoisotopic (exact) mass is 308 g/mol. The average molecular weight is 309 g/mol. The fourth-order valence-corrected chi connectivity index (χ4v) is 1.76. The van der Waals surface area contributed by atoms with Crippen LogP contribution in [0.25, 0.3) is 0 Å². The molecule has 0 unspecified atom stereocenters.